The predicted octanol–water partition coefficient (Wildman–Crippen LogP) is 3.51. The van der Waals surface area contributed by atoms with Crippen LogP contribution >= 0.6 is 0 Å². The molecule has 2 atom stereocenters. The first-order valence-corrected chi connectivity index (χ1v) is 18.3. The Morgan fingerprint density at radius 1 is 0.804 bits per heavy atom. The van der Waals surface area contributed by atoms with Crippen molar-refractivity contribution >= 4 is 40.8 Å². The summed E-state index contributed by atoms with van der Waals surface area (Å²) in [6.45, 7) is 8.89. The van der Waals surface area contributed by atoms with Gasteiger partial charge in [-0.2, -0.15) is 0 Å². The smallest absolute Gasteiger partial charge is 0.249 e. The summed E-state index contributed by atoms with van der Waals surface area (Å²) in [5, 5.41) is 5.65. The number of benzene rings is 2. The van der Waals surface area contributed by atoms with E-state index in [1.54, 1.807) is 6.92 Å². The molecule has 4 aliphatic heterocycles. The van der Waals surface area contributed by atoms with Crippen LogP contribution in [0.3, 0.4) is 0 Å². The van der Waals surface area contributed by atoms with E-state index in [9.17, 15) is 19.2 Å². The monoisotopic (exact) mass is 692 g/mol. The van der Waals surface area contributed by atoms with Crippen LogP contribution in [-0.2, 0) is 19.2 Å². The van der Waals surface area contributed by atoms with Crippen molar-refractivity contribution in [1.82, 2.24) is 25.0 Å². The Balaban J connectivity index is 0.911. The molecule has 2 unspecified atom stereocenters. The maximum Gasteiger partial charge on any atom is 0.249 e. The van der Waals surface area contributed by atoms with Crippen molar-refractivity contribution in [3.05, 3.63) is 72.4 Å². The maximum absolute atomic E-state index is 13.6. The molecule has 3 aromatic rings. The van der Waals surface area contributed by atoms with E-state index in [-0.39, 0.29) is 29.7 Å². The summed E-state index contributed by atoms with van der Waals surface area (Å²) in [6, 6.07) is 20.7. The second-order valence-electron chi connectivity index (χ2n) is 14.1. The van der Waals surface area contributed by atoms with Gasteiger partial charge >= 0.3 is 0 Å². The summed E-state index contributed by atoms with van der Waals surface area (Å²) < 4.78 is 0. The summed E-state index contributed by atoms with van der Waals surface area (Å²) in [7, 11) is 0. The minimum absolute atomic E-state index is 0.126. The number of hydrogen-bond acceptors (Lipinski definition) is 9. The van der Waals surface area contributed by atoms with Gasteiger partial charge in [0.15, 0.2) is 0 Å². The summed E-state index contributed by atoms with van der Waals surface area (Å²) in [6.07, 6.45) is 5.98. The first-order valence-electron chi connectivity index (χ1n) is 18.3. The van der Waals surface area contributed by atoms with Gasteiger partial charge in [0.2, 0.25) is 23.6 Å². The first kappa shape index (κ1) is 34.5. The fourth-order valence-electron chi connectivity index (χ4n) is 7.76. The van der Waals surface area contributed by atoms with Crippen LogP contribution in [-0.4, -0.2) is 115 Å². The Morgan fingerprint density at radius 2 is 1.55 bits per heavy atom. The molecule has 4 aliphatic rings. The summed E-state index contributed by atoms with van der Waals surface area (Å²) in [5.41, 5.74) is 5.35. The summed E-state index contributed by atoms with van der Waals surface area (Å²) in [4.78, 5) is 64.5. The number of piperidine rings is 2. The Labute approximate surface area is 299 Å². The van der Waals surface area contributed by atoms with Crippen LogP contribution in [0.4, 0.5) is 17.2 Å². The summed E-state index contributed by atoms with van der Waals surface area (Å²) in [5.74, 6) is 0.745. The van der Waals surface area contributed by atoms with Crippen LogP contribution in [0.5, 0.6) is 0 Å². The average Bonchev–Trinajstić information content (AvgIpc) is 3.17. The SMILES string of the molecule is CC(=O)N1CCN(c2ccc(-c3cccc(N4CCN(C(=O)CN5CCCCC5c5ccc(NC6CCC(=O)NC6=O)cc5)CC4)c3)cn2)CC1. The second-order valence-corrected chi connectivity index (χ2v) is 14.1. The molecule has 2 N–H and O–H groups in total. The van der Waals surface area contributed by atoms with Gasteiger partial charge in [-0.25, -0.2) is 4.98 Å². The minimum atomic E-state index is -0.412. The molecule has 268 valence electrons. The van der Waals surface area contributed by atoms with E-state index >= 15 is 0 Å². The molecule has 4 amide bonds. The molecule has 0 spiro atoms. The molecule has 0 radical (unpaired) electrons. The van der Waals surface area contributed by atoms with E-state index in [1.165, 1.54) is 5.56 Å². The lowest BCUT2D eigenvalue weighted by Crippen LogP contribution is -2.52. The van der Waals surface area contributed by atoms with Crippen molar-refractivity contribution in [2.75, 3.05) is 80.6 Å². The van der Waals surface area contributed by atoms with E-state index in [2.05, 4.69) is 73.9 Å². The van der Waals surface area contributed by atoms with E-state index in [0.717, 1.165) is 93.4 Å². The first-order chi connectivity index (χ1) is 24.8. The number of piperazine rings is 2. The van der Waals surface area contributed by atoms with E-state index < -0.39 is 6.04 Å². The Bertz CT molecular complexity index is 1720. The predicted molar refractivity (Wildman–Crippen MR) is 197 cm³/mol. The van der Waals surface area contributed by atoms with Crippen molar-refractivity contribution in [2.45, 2.75) is 51.1 Å². The summed E-state index contributed by atoms with van der Waals surface area (Å²) >= 11 is 0. The lowest BCUT2D eigenvalue weighted by Gasteiger charge is -2.39. The zero-order valence-corrected chi connectivity index (χ0v) is 29.4. The third-order valence-electron chi connectivity index (χ3n) is 10.8. The number of anilines is 3. The fraction of sp³-hybridized carbons (Fsp3) is 0.462. The zero-order valence-electron chi connectivity index (χ0n) is 29.4. The number of pyridine rings is 1. The standard InChI is InChI=1S/C39H48N8O4/c1-28(48)43-17-21-45(22-18-43)36-14-10-31(26-40-36)30-5-4-6-33(25-30)44-19-23-46(24-20-44)38(50)27-47-16-3-2-7-35(47)29-8-11-32(12-9-29)41-34-13-15-37(49)42-39(34)51/h4-6,8-12,14,25-26,34-35,41H,2-3,7,13,15-24,27H2,1H3,(H,42,49,51). The van der Waals surface area contributed by atoms with Crippen LogP contribution in [0, 0.1) is 0 Å². The van der Waals surface area contributed by atoms with Crippen molar-refractivity contribution in [2.24, 2.45) is 0 Å². The average molecular weight is 693 g/mol. The molecular weight excluding hydrogens is 644 g/mol. The number of rotatable bonds is 8. The Hall–Kier alpha value is -4.97. The third kappa shape index (κ3) is 8.17. The maximum atomic E-state index is 13.6. The Kier molecular flexibility index (Phi) is 10.5. The number of carbonyl (C=O) groups is 4. The normalized spacial score (nSPS) is 21.7. The van der Waals surface area contributed by atoms with Gasteiger partial charge in [-0.05, 0) is 73.3 Å². The topological polar surface area (TPSA) is 121 Å². The molecule has 0 aliphatic carbocycles. The van der Waals surface area contributed by atoms with Crippen molar-refractivity contribution in [1.29, 1.82) is 0 Å². The van der Waals surface area contributed by atoms with E-state index in [1.807, 2.05) is 28.1 Å². The van der Waals surface area contributed by atoms with Gasteiger partial charge in [0.05, 0.1) is 6.54 Å². The van der Waals surface area contributed by atoms with Gasteiger partial charge in [-0.15, -0.1) is 0 Å². The van der Waals surface area contributed by atoms with Crippen molar-refractivity contribution < 1.29 is 19.2 Å². The zero-order chi connectivity index (χ0) is 35.3. The molecule has 4 fully saturated rings. The molecule has 0 saturated carbocycles. The molecule has 4 saturated heterocycles. The van der Waals surface area contributed by atoms with Crippen LogP contribution in [0.1, 0.15) is 50.6 Å². The Morgan fingerprint density at radius 3 is 2.25 bits per heavy atom. The number of carbonyl (C=O) groups excluding carboxylic acids is 4. The third-order valence-corrected chi connectivity index (χ3v) is 10.8. The van der Waals surface area contributed by atoms with E-state index in [0.29, 0.717) is 32.5 Å². The lowest BCUT2D eigenvalue weighted by molar-refractivity contribution is -0.134. The molecule has 5 heterocycles. The number of imide groups is 1. The van der Waals surface area contributed by atoms with Gasteiger partial charge in [0.25, 0.3) is 0 Å². The van der Waals surface area contributed by atoms with Crippen LogP contribution in [0.2, 0.25) is 0 Å². The highest BCUT2D eigenvalue weighted by atomic mass is 16.2. The number of likely N-dealkylation sites (tertiary alicyclic amines) is 1. The molecule has 12 heteroatoms. The quantitative estimate of drug-likeness (QED) is 0.342. The van der Waals surface area contributed by atoms with Gasteiger partial charge in [0.1, 0.15) is 11.9 Å². The molecule has 7 rings (SSSR count). The van der Waals surface area contributed by atoms with Crippen LogP contribution in [0.15, 0.2) is 66.9 Å². The molecule has 0 bridgehead atoms. The minimum Gasteiger partial charge on any atom is -0.374 e. The van der Waals surface area contributed by atoms with Gasteiger partial charge < -0.3 is 24.9 Å². The fourth-order valence-corrected chi connectivity index (χ4v) is 7.76. The van der Waals surface area contributed by atoms with Crippen molar-refractivity contribution in [3.63, 3.8) is 0 Å². The number of nitrogens with one attached hydrogen (secondary N) is 2. The largest absolute Gasteiger partial charge is 0.374 e. The van der Waals surface area contributed by atoms with Crippen molar-refractivity contribution in [3.8, 4) is 11.1 Å². The molecule has 51 heavy (non-hydrogen) atoms. The number of hydrogen-bond donors (Lipinski definition) is 2. The highest BCUT2D eigenvalue weighted by Gasteiger charge is 2.30. The number of aromatic nitrogens is 1. The number of nitrogens with zero attached hydrogens (tertiary/aromatic N) is 6. The number of amides is 4. The van der Waals surface area contributed by atoms with E-state index in [4.69, 9.17) is 4.98 Å². The molecular formula is C39H48N8O4. The lowest BCUT2D eigenvalue weighted by atomic mass is 9.95. The molecule has 2 aromatic carbocycles. The van der Waals surface area contributed by atoms with Gasteiger partial charge in [-0.1, -0.05) is 30.7 Å². The van der Waals surface area contributed by atoms with Crippen LogP contribution < -0.4 is 20.4 Å². The molecule has 1 aromatic heterocycles. The van der Waals surface area contributed by atoms with Gasteiger partial charge in [0, 0.05) is 94.9 Å². The highest BCUT2D eigenvalue weighted by Crippen LogP contribution is 2.32. The second kappa shape index (κ2) is 15.5. The van der Waals surface area contributed by atoms with Crippen LogP contribution in [0.25, 0.3) is 11.1 Å². The highest BCUT2D eigenvalue weighted by molar-refractivity contribution is 6.01. The van der Waals surface area contributed by atoms with Gasteiger partial charge in [-0.3, -0.25) is 29.4 Å². The molecule has 12 nitrogen and oxygen atoms in total.